The van der Waals surface area contributed by atoms with Crippen molar-refractivity contribution in [2.75, 3.05) is 0 Å². The third-order valence-electron chi connectivity index (χ3n) is 11.9. The first-order valence-electron chi connectivity index (χ1n) is 14.6. The molecule has 1 aromatic carbocycles. The van der Waals surface area contributed by atoms with Crippen LogP contribution in [0, 0.1) is 33.5 Å². The summed E-state index contributed by atoms with van der Waals surface area (Å²) in [6, 6.07) is 8.80. The fraction of sp³-hybridized carbons (Fsp3) is 0.514. The van der Waals surface area contributed by atoms with E-state index in [0.29, 0.717) is 23.7 Å². The van der Waals surface area contributed by atoms with Crippen LogP contribution in [0.1, 0.15) is 90.4 Å². The van der Waals surface area contributed by atoms with Crippen LogP contribution in [-0.2, 0) is 14.3 Å². The lowest BCUT2D eigenvalue weighted by atomic mass is 9.35. The van der Waals surface area contributed by atoms with Gasteiger partial charge < -0.3 is 4.74 Å². The second-order valence-electron chi connectivity index (χ2n) is 13.9. The predicted octanol–water partition coefficient (Wildman–Crippen LogP) is 7.72. The maximum Gasteiger partial charge on any atom is 0.343 e. The lowest BCUT2D eigenvalue weighted by molar-refractivity contribution is -0.161. The molecule has 6 atom stereocenters. The molecular formula is C35H40O4. The van der Waals surface area contributed by atoms with E-state index in [1.54, 1.807) is 30.3 Å². The van der Waals surface area contributed by atoms with Crippen molar-refractivity contribution in [3.8, 4) is 0 Å². The maximum absolute atomic E-state index is 13.5. The number of hydrogen-bond acceptors (Lipinski definition) is 4. The van der Waals surface area contributed by atoms with Gasteiger partial charge in [-0.3, -0.25) is 9.59 Å². The summed E-state index contributed by atoms with van der Waals surface area (Å²) < 4.78 is 5.69. The third kappa shape index (κ3) is 3.52. The second-order valence-corrected chi connectivity index (χ2v) is 13.9. The van der Waals surface area contributed by atoms with E-state index in [1.807, 2.05) is 13.0 Å². The van der Waals surface area contributed by atoms with Crippen LogP contribution in [0.15, 0.2) is 76.6 Å². The highest BCUT2D eigenvalue weighted by Crippen LogP contribution is 2.74. The van der Waals surface area contributed by atoms with Gasteiger partial charge in [0.25, 0.3) is 0 Å². The monoisotopic (exact) mass is 524 g/mol. The Morgan fingerprint density at radius 2 is 1.67 bits per heavy atom. The van der Waals surface area contributed by atoms with Gasteiger partial charge in [-0.15, -0.1) is 0 Å². The molecule has 5 aliphatic rings. The van der Waals surface area contributed by atoms with Crippen LogP contribution in [0.4, 0.5) is 0 Å². The minimum Gasteiger partial charge on any atom is -0.418 e. The van der Waals surface area contributed by atoms with Gasteiger partial charge in [0.05, 0.1) is 5.56 Å². The molecule has 3 saturated carbocycles. The largest absolute Gasteiger partial charge is 0.418 e. The van der Waals surface area contributed by atoms with Crippen molar-refractivity contribution in [3.05, 3.63) is 82.2 Å². The molecule has 0 N–H and O–H groups in total. The number of hydrogen-bond donors (Lipinski definition) is 0. The minimum atomic E-state index is -0.514. The fourth-order valence-electron chi connectivity index (χ4n) is 9.23. The molecule has 204 valence electrons. The standard InChI is InChI=1S/C35H40O4/c1-21-18-29-32(3,20-27(21)37)14-16-34(5)28-13-12-24-22(2)30(39-31(38)23-10-8-7-9-11-23)26(36)19-25(24)33(28,4)15-17-35(29,34)6/h7-13,19,21,29H,14-18,20H2,1-6H3. The summed E-state index contributed by atoms with van der Waals surface area (Å²) >= 11 is 0. The lowest BCUT2D eigenvalue weighted by Crippen LogP contribution is -2.61. The number of Topliss-reactive ketones (excluding diaryl/α,β-unsaturated/α-hetero) is 1. The number of fused-ring (bicyclic) bond motifs is 7. The van der Waals surface area contributed by atoms with Crippen molar-refractivity contribution in [3.63, 3.8) is 0 Å². The maximum atomic E-state index is 13.5. The van der Waals surface area contributed by atoms with Gasteiger partial charge in [0.15, 0.2) is 5.76 Å². The molecule has 6 unspecified atom stereocenters. The van der Waals surface area contributed by atoms with Crippen LogP contribution >= 0.6 is 0 Å². The number of carbonyl (C=O) groups excluding carboxylic acids is 3. The normalized spacial score (nSPS) is 39.4. The molecule has 0 radical (unpaired) electrons. The fourth-order valence-corrected chi connectivity index (χ4v) is 9.23. The molecule has 4 nitrogen and oxygen atoms in total. The van der Waals surface area contributed by atoms with Gasteiger partial charge in [0.1, 0.15) is 5.78 Å². The SMILES string of the molecule is CC1=C(OC(=O)c2ccccc2)C(=O)C=C2C1=CC=C1C2(C)CCC2(C)C3CC(C)C(=O)CC3(C)CCC12C. The number of benzene rings is 1. The van der Waals surface area contributed by atoms with Crippen LogP contribution < -0.4 is 0 Å². The Bertz CT molecular complexity index is 1420. The van der Waals surface area contributed by atoms with E-state index in [1.165, 1.54) is 5.57 Å². The molecule has 0 heterocycles. The van der Waals surface area contributed by atoms with Gasteiger partial charge in [-0.25, -0.2) is 4.79 Å². The molecule has 0 amide bonds. The average molecular weight is 525 g/mol. The van der Waals surface area contributed by atoms with Crippen LogP contribution in [0.25, 0.3) is 0 Å². The summed E-state index contributed by atoms with van der Waals surface area (Å²) in [4.78, 5) is 39.0. The highest BCUT2D eigenvalue weighted by atomic mass is 16.5. The van der Waals surface area contributed by atoms with Crippen molar-refractivity contribution in [2.24, 2.45) is 33.5 Å². The Kier molecular flexibility index (Phi) is 5.71. The summed E-state index contributed by atoms with van der Waals surface area (Å²) in [6.07, 6.45) is 12.0. The Morgan fingerprint density at radius 1 is 0.949 bits per heavy atom. The Labute approximate surface area is 232 Å². The van der Waals surface area contributed by atoms with Crippen LogP contribution in [0.3, 0.4) is 0 Å². The summed E-state index contributed by atoms with van der Waals surface area (Å²) in [7, 11) is 0. The number of rotatable bonds is 2. The van der Waals surface area contributed by atoms with Gasteiger partial charge in [0.2, 0.25) is 5.78 Å². The van der Waals surface area contributed by atoms with E-state index in [2.05, 4.69) is 46.8 Å². The highest BCUT2D eigenvalue weighted by molar-refractivity contribution is 6.09. The van der Waals surface area contributed by atoms with Gasteiger partial charge in [0, 0.05) is 23.3 Å². The predicted molar refractivity (Wildman–Crippen MR) is 152 cm³/mol. The van der Waals surface area contributed by atoms with E-state index in [9.17, 15) is 14.4 Å². The number of carbonyl (C=O) groups is 3. The zero-order chi connectivity index (χ0) is 28.0. The number of esters is 1. The Morgan fingerprint density at radius 3 is 2.38 bits per heavy atom. The Hall–Kier alpha value is -3.01. The molecule has 5 aliphatic carbocycles. The molecule has 1 aromatic rings. The first-order chi connectivity index (χ1) is 18.3. The van der Waals surface area contributed by atoms with Crippen molar-refractivity contribution < 1.29 is 19.1 Å². The topological polar surface area (TPSA) is 60.4 Å². The molecule has 39 heavy (non-hydrogen) atoms. The zero-order valence-corrected chi connectivity index (χ0v) is 24.1. The van der Waals surface area contributed by atoms with E-state index in [0.717, 1.165) is 48.8 Å². The highest BCUT2D eigenvalue weighted by Gasteiger charge is 2.66. The molecule has 0 bridgehead atoms. The van der Waals surface area contributed by atoms with Gasteiger partial charge in [-0.1, -0.05) is 70.5 Å². The van der Waals surface area contributed by atoms with Crippen molar-refractivity contribution >= 4 is 17.5 Å². The molecule has 6 rings (SSSR count). The van der Waals surface area contributed by atoms with Gasteiger partial charge in [-0.05, 0) is 90.5 Å². The summed E-state index contributed by atoms with van der Waals surface area (Å²) in [5.41, 5.74) is 4.53. The quantitative estimate of drug-likeness (QED) is 0.372. The number of ketones is 2. The minimum absolute atomic E-state index is 0.0200. The van der Waals surface area contributed by atoms with Crippen molar-refractivity contribution in [2.45, 2.75) is 80.1 Å². The van der Waals surface area contributed by atoms with E-state index < -0.39 is 5.97 Å². The van der Waals surface area contributed by atoms with E-state index >= 15 is 0 Å². The first kappa shape index (κ1) is 26.2. The molecule has 3 fully saturated rings. The molecule has 0 aromatic heterocycles. The lowest BCUT2D eigenvalue weighted by Gasteiger charge is -2.69. The number of allylic oxidation sites excluding steroid dienone is 7. The van der Waals surface area contributed by atoms with Crippen molar-refractivity contribution in [1.29, 1.82) is 0 Å². The van der Waals surface area contributed by atoms with Crippen LogP contribution in [0.5, 0.6) is 0 Å². The summed E-state index contributed by atoms with van der Waals surface area (Å²) in [6.45, 7) is 13.6. The zero-order valence-electron chi connectivity index (χ0n) is 24.1. The first-order valence-corrected chi connectivity index (χ1v) is 14.6. The molecule has 0 saturated heterocycles. The number of ether oxygens (including phenoxy) is 1. The average Bonchev–Trinajstić information content (AvgIpc) is 2.90. The van der Waals surface area contributed by atoms with Crippen molar-refractivity contribution in [1.82, 2.24) is 0 Å². The third-order valence-corrected chi connectivity index (χ3v) is 11.9. The van der Waals surface area contributed by atoms with Crippen LogP contribution in [0.2, 0.25) is 0 Å². The van der Waals surface area contributed by atoms with Crippen LogP contribution in [-0.4, -0.2) is 17.5 Å². The second kappa shape index (κ2) is 8.49. The van der Waals surface area contributed by atoms with E-state index in [4.69, 9.17) is 4.74 Å². The van der Waals surface area contributed by atoms with E-state index in [-0.39, 0.29) is 39.1 Å². The Balaban J connectivity index is 1.39. The molecule has 4 heteroatoms. The summed E-state index contributed by atoms with van der Waals surface area (Å²) in [5, 5.41) is 0. The summed E-state index contributed by atoms with van der Waals surface area (Å²) in [5.74, 6) is 0.440. The van der Waals surface area contributed by atoms with Gasteiger partial charge in [-0.2, -0.15) is 0 Å². The van der Waals surface area contributed by atoms with Gasteiger partial charge >= 0.3 is 5.97 Å². The molecule has 0 aliphatic heterocycles. The molecular weight excluding hydrogens is 484 g/mol. The molecule has 0 spiro atoms. The smallest absolute Gasteiger partial charge is 0.343 e.